The summed E-state index contributed by atoms with van der Waals surface area (Å²) in [5.41, 5.74) is 1.15. The minimum atomic E-state index is -0.630. The third-order valence-electron chi connectivity index (χ3n) is 2.33. The predicted molar refractivity (Wildman–Crippen MR) is 81.9 cm³/mol. The third-order valence-corrected chi connectivity index (χ3v) is 2.33. The number of aryl methyl sites for hydroxylation is 1. The number of hydrogen-bond acceptors (Lipinski definition) is 3. The van der Waals surface area contributed by atoms with Gasteiger partial charge in [-0.15, -0.1) is 0 Å². The Morgan fingerprint density at radius 3 is 1.85 bits per heavy atom. The van der Waals surface area contributed by atoms with Gasteiger partial charge in [0.25, 0.3) is 0 Å². The lowest BCUT2D eigenvalue weighted by Crippen LogP contribution is -1.86. The van der Waals surface area contributed by atoms with Gasteiger partial charge >= 0.3 is 5.69 Å². The molecule has 0 unspecified atom stereocenters. The maximum atomic E-state index is 10.1. The van der Waals surface area contributed by atoms with Crippen molar-refractivity contribution in [2.24, 2.45) is 0 Å². The summed E-state index contributed by atoms with van der Waals surface area (Å²) in [7, 11) is 0. The molecule has 0 aliphatic carbocycles. The van der Waals surface area contributed by atoms with E-state index in [9.17, 15) is 10.1 Å². The molecule has 0 saturated heterocycles. The van der Waals surface area contributed by atoms with Crippen molar-refractivity contribution >= 4 is 5.69 Å². The van der Waals surface area contributed by atoms with Gasteiger partial charge in [-0.05, 0) is 18.1 Å². The van der Waals surface area contributed by atoms with Crippen molar-refractivity contribution in [3.8, 4) is 5.75 Å². The lowest BCUT2D eigenvalue weighted by atomic mass is 10.2. The molecule has 0 atom stereocenters. The number of hydrogen-bond donors (Lipinski definition) is 1. The van der Waals surface area contributed by atoms with E-state index in [4.69, 9.17) is 5.11 Å². The Morgan fingerprint density at radius 1 is 1.00 bits per heavy atom. The molecule has 1 N–H and O–H groups in total. The van der Waals surface area contributed by atoms with Crippen molar-refractivity contribution in [3.05, 3.63) is 70.3 Å². The van der Waals surface area contributed by atoms with Crippen LogP contribution in [0.1, 0.15) is 26.3 Å². The molecule has 0 heterocycles. The van der Waals surface area contributed by atoms with Gasteiger partial charge in [-0.1, -0.05) is 63.2 Å². The Morgan fingerprint density at radius 2 is 1.50 bits per heavy atom. The summed E-state index contributed by atoms with van der Waals surface area (Å²) in [4.78, 5) is 9.44. The smallest absolute Gasteiger partial charge is 0.310 e. The number of nitro groups is 1. The lowest BCUT2D eigenvalue weighted by molar-refractivity contribution is -0.385. The molecule has 4 nitrogen and oxygen atoms in total. The second kappa shape index (κ2) is 10.6. The summed E-state index contributed by atoms with van der Waals surface area (Å²) in [6, 6.07) is 16.0. The van der Waals surface area contributed by atoms with Crippen molar-refractivity contribution < 1.29 is 10.0 Å². The summed E-state index contributed by atoms with van der Waals surface area (Å²) in [6.07, 6.45) is 1.14. The van der Waals surface area contributed by atoms with E-state index in [0.29, 0.717) is 0 Å². The number of nitrogens with zero attached hydrogens (tertiary/aromatic N) is 1. The van der Waals surface area contributed by atoms with Crippen LogP contribution in [0.25, 0.3) is 0 Å². The lowest BCUT2D eigenvalue weighted by Gasteiger charge is -1.91. The van der Waals surface area contributed by atoms with E-state index in [1.807, 2.05) is 19.9 Å². The first kappa shape index (κ1) is 17.6. The molecule has 0 amide bonds. The molecule has 108 valence electrons. The number of phenolic OH excluding ortho intramolecular Hbond substituents is 1. The molecule has 4 heteroatoms. The number of phenols is 1. The standard InChI is InChI=1S/C8H10.C6H5NO3.C2H6/c1-2-8-6-4-3-5-7-8;8-6-4-2-1-3-5(6)7(9)10;1-2/h3-7H,2H2,1H3;1-4,8H;1-2H3. The molecule has 0 fully saturated rings. The largest absolute Gasteiger partial charge is 0.502 e. The third kappa shape index (κ3) is 6.54. The van der Waals surface area contributed by atoms with Crippen molar-refractivity contribution in [1.82, 2.24) is 0 Å². The van der Waals surface area contributed by atoms with Crippen molar-refractivity contribution in [2.45, 2.75) is 27.2 Å². The first-order valence-electron chi connectivity index (χ1n) is 6.61. The van der Waals surface area contributed by atoms with Crippen LogP contribution >= 0.6 is 0 Å². The number of aromatic hydroxyl groups is 1. The Balaban J connectivity index is 0.000000327. The average Bonchev–Trinajstić information content (AvgIpc) is 2.51. The van der Waals surface area contributed by atoms with E-state index in [1.165, 1.54) is 29.8 Å². The SMILES string of the molecule is CC.CCc1ccccc1.O=[N+]([O-])c1ccccc1O. The predicted octanol–water partition coefficient (Wildman–Crippen LogP) is 4.58. The zero-order chi connectivity index (χ0) is 15.4. The van der Waals surface area contributed by atoms with Crippen LogP contribution in [-0.4, -0.2) is 10.0 Å². The summed E-state index contributed by atoms with van der Waals surface area (Å²) >= 11 is 0. The van der Waals surface area contributed by atoms with Crippen LogP contribution in [0.4, 0.5) is 5.69 Å². The highest BCUT2D eigenvalue weighted by Crippen LogP contribution is 2.23. The summed E-state index contributed by atoms with van der Waals surface area (Å²) in [5.74, 6) is -0.299. The van der Waals surface area contributed by atoms with Crippen LogP contribution in [0.3, 0.4) is 0 Å². The van der Waals surface area contributed by atoms with Crippen LogP contribution in [0.2, 0.25) is 0 Å². The van der Waals surface area contributed by atoms with Gasteiger partial charge < -0.3 is 5.11 Å². The van der Waals surface area contributed by atoms with Crippen LogP contribution in [0.15, 0.2) is 54.6 Å². The molecule has 0 radical (unpaired) electrons. The van der Waals surface area contributed by atoms with Crippen molar-refractivity contribution in [2.75, 3.05) is 0 Å². The van der Waals surface area contributed by atoms with Gasteiger partial charge in [0.15, 0.2) is 5.75 Å². The van der Waals surface area contributed by atoms with E-state index in [1.54, 1.807) is 0 Å². The molecule has 0 aliphatic rings. The van der Waals surface area contributed by atoms with E-state index in [0.717, 1.165) is 6.42 Å². The van der Waals surface area contributed by atoms with Gasteiger partial charge in [0.1, 0.15) is 0 Å². The monoisotopic (exact) mass is 275 g/mol. The van der Waals surface area contributed by atoms with Gasteiger partial charge in [0.05, 0.1) is 4.92 Å². The van der Waals surface area contributed by atoms with E-state index >= 15 is 0 Å². The second-order valence-corrected chi connectivity index (χ2v) is 3.58. The highest BCUT2D eigenvalue weighted by molar-refractivity contribution is 5.44. The highest BCUT2D eigenvalue weighted by atomic mass is 16.6. The van der Waals surface area contributed by atoms with Gasteiger partial charge in [-0.2, -0.15) is 0 Å². The first-order chi connectivity index (χ1) is 9.65. The van der Waals surface area contributed by atoms with Crippen LogP contribution < -0.4 is 0 Å². The zero-order valence-corrected chi connectivity index (χ0v) is 12.1. The number of para-hydroxylation sites is 2. The highest BCUT2D eigenvalue weighted by Gasteiger charge is 2.09. The quantitative estimate of drug-likeness (QED) is 0.644. The Hall–Kier alpha value is -2.36. The maximum absolute atomic E-state index is 10.1. The minimum absolute atomic E-state index is 0.262. The number of nitro benzene ring substituents is 1. The molecular weight excluding hydrogens is 254 g/mol. The Labute approximate surface area is 119 Å². The fraction of sp³-hybridized carbons (Fsp3) is 0.250. The molecule has 20 heavy (non-hydrogen) atoms. The summed E-state index contributed by atoms with van der Waals surface area (Å²) in [6.45, 7) is 6.16. The van der Waals surface area contributed by atoms with E-state index in [-0.39, 0.29) is 11.4 Å². The molecule has 0 bridgehead atoms. The second-order valence-electron chi connectivity index (χ2n) is 3.58. The summed E-state index contributed by atoms with van der Waals surface area (Å²) < 4.78 is 0. The molecular formula is C16H21NO3. The van der Waals surface area contributed by atoms with Gasteiger partial charge in [0, 0.05) is 6.07 Å². The molecule has 0 saturated carbocycles. The minimum Gasteiger partial charge on any atom is -0.502 e. The first-order valence-corrected chi connectivity index (χ1v) is 6.61. The molecule has 2 rings (SSSR count). The van der Waals surface area contributed by atoms with Gasteiger partial charge in [-0.25, -0.2) is 0 Å². The maximum Gasteiger partial charge on any atom is 0.310 e. The molecule has 2 aromatic rings. The van der Waals surface area contributed by atoms with Crippen LogP contribution in [0, 0.1) is 10.1 Å². The molecule has 0 aliphatic heterocycles. The number of rotatable bonds is 2. The molecule has 2 aromatic carbocycles. The fourth-order valence-corrected chi connectivity index (χ4v) is 1.33. The van der Waals surface area contributed by atoms with E-state index in [2.05, 4.69) is 31.2 Å². The molecule has 0 aromatic heterocycles. The summed E-state index contributed by atoms with van der Waals surface area (Å²) in [5, 5.41) is 18.9. The van der Waals surface area contributed by atoms with E-state index < -0.39 is 4.92 Å². The molecule has 0 spiro atoms. The Bertz CT molecular complexity index is 498. The average molecular weight is 275 g/mol. The topological polar surface area (TPSA) is 63.4 Å². The zero-order valence-electron chi connectivity index (χ0n) is 12.1. The van der Waals surface area contributed by atoms with Crippen molar-refractivity contribution in [1.29, 1.82) is 0 Å². The van der Waals surface area contributed by atoms with Crippen LogP contribution in [-0.2, 0) is 6.42 Å². The van der Waals surface area contributed by atoms with Crippen molar-refractivity contribution in [3.63, 3.8) is 0 Å². The fourth-order valence-electron chi connectivity index (χ4n) is 1.33. The van der Waals surface area contributed by atoms with Gasteiger partial charge in [0.2, 0.25) is 0 Å². The Kier molecular flexibility index (Phi) is 9.31. The van der Waals surface area contributed by atoms with Gasteiger partial charge in [-0.3, -0.25) is 10.1 Å². The normalized spacial score (nSPS) is 8.55. The van der Waals surface area contributed by atoms with Crippen LogP contribution in [0.5, 0.6) is 5.75 Å². The number of benzene rings is 2.